The number of hydrogen-bond donors (Lipinski definition) is 0. The Kier molecular flexibility index (Phi) is 4.35. The van der Waals surface area contributed by atoms with Crippen molar-refractivity contribution in [2.75, 3.05) is 13.3 Å². The largest absolute Gasteiger partial charge is 0.454 e. The number of rotatable bonds is 4. The Balaban J connectivity index is 1.53. The van der Waals surface area contributed by atoms with Gasteiger partial charge in [-0.2, -0.15) is 0 Å². The molecular weight excluding hydrogens is 314 g/mol. The summed E-state index contributed by atoms with van der Waals surface area (Å²) >= 11 is 0. The monoisotopic (exact) mass is 337 g/mol. The number of benzene rings is 2. The molecule has 2 aromatic carbocycles. The third-order valence-electron chi connectivity index (χ3n) is 5.07. The number of aryl methyl sites for hydroxylation is 2. The predicted octanol–water partition coefficient (Wildman–Crippen LogP) is 3.96. The van der Waals surface area contributed by atoms with Gasteiger partial charge in [0.15, 0.2) is 11.5 Å². The SMILES string of the molecule is CCN(Cc1ccc2c(c1)OCO2)C(=O)c1ccc2c(c1)CCCC2. The van der Waals surface area contributed by atoms with E-state index in [9.17, 15) is 4.79 Å². The van der Waals surface area contributed by atoms with Gasteiger partial charge in [0.25, 0.3) is 5.91 Å². The van der Waals surface area contributed by atoms with E-state index in [4.69, 9.17) is 9.47 Å². The molecule has 25 heavy (non-hydrogen) atoms. The first kappa shape index (κ1) is 16.0. The number of carbonyl (C=O) groups excluding carboxylic acids is 1. The molecule has 130 valence electrons. The molecule has 0 unspecified atom stereocenters. The number of ether oxygens (including phenoxy) is 2. The summed E-state index contributed by atoms with van der Waals surface area (Å²) in [5.74, 6) is 1.62. The molecule has 0 N–H and O–H groups in total. The Hall–Kier alpha value is -2.49. The molecule has 0 radical (unpaired) electrons. The molecule has 0 spiro atoms. The van der Waals surface area contributed by atoms with Crippen molar-refractivity contribution in [2.45, 2.75) is 39.2 Å². The van der Waals surface area contributed by atoms with Crippen LogP contribution in [0.2, 0.25) is 0 Å². The lowest BCUT2D eigenvalue weighted by molar-refractivity contribution is 0.0752. The highest BCUT2D eigenvalue weighted by Crippen LogP contribution is 2.33. The zero-order valence-corrected chi connectivity index (χ0v) is 14.6. The van der Waals surface area contributed by atoms with Crippen LogP contribution in [0.15, 0.2) is 36.4 Å². The third kappa shape index (κ3) is 3.21. The Labute approximate surface area is 148 Å². The Morgan fingerprint density at radius 2 is 1.80 bits per heavy atom. The first-order valence-electron chi connectivity index (χ1n) is 9.04. The number of nitrogens with zero attached hydrogens (tertiary/aromatic N) is 1. The molecule has 1 heterocycles. The molecule has 0 saturated carbocycles. The van der Waals surface area contributed by atoms with Crippen LogP contribution >= 0.6 is 0 Å². The second kappa shape index (κ2) is 6.79. The van der Waals surface area contributed by atoms with E-state index in [0.717, 1.165) is 35.5 Å². The summed E-state index contributed by atoms with van der Waals surface area (Å²) in [6.45, 7) is 3.53. The van der Waals surface area contributed by atoms with Crippen molar-refractivity contribution in [1.82, 2.24) is 4.90 Å². The molecule has 2 aliphatic rings. The van der Waals surface area contributed by atoms with Gasteiger partial charge in [-0.3, -0.25) is 4.79 Å². The van der Waals surface area contributed by atoms with Crippen molar-refractivity contribution in [3.05, 3.63) is 58.7 Å². The zero-order valence-electron chi connectivity index (χ0n) is 14.6. The van der Waals surface area contributed by atoms with Crippen molar-refractivity contribution in [3.8, 4) is 11.5 Å². The van der Waals surface area contributed by atoms with E-state index in [1.165, 1.54) is 24.0 Å². The topological polar surface area (TPSA) is 38.8 Å². The van der Waals surface area contributed by atoms with Gasteiger partial charge in [-0.05, 0) is 73.6 Å². The fourth-order valence-electron chi connectivity index (χ4n) is 3.64. The van der Waals surface area contributed by atoms with Crippen LogP contribution in [0, 0.1) is 0 Å². The molecule has 1 aliphatic carbocycles. The number of hydrogen-bond acceptors (Lipinski definition) is 3. The summed E-state index contributed by atoms with van der Waals surface area (Å²) in [5, 5.41) is 0. The van der Waals surface area contributed by atoms with Crippen molar-refractivity contribution < 1.29 is 14.3 Å². The van der Waals surface area contributed by atoms with E-state index < -0.39 is 0 Å². The van der Waals surface area contributed by atoms with Crippen LogP contribution in [0.4, 0.5) is 0 Å². The molecule has 0 aromatic heterocycles. The number of fused-ring (bicyclic) bond motifs is 2. The van der Waals surface area contributed by atoms with Crippen LogP contribution in [-0.2, 0) is 19.4 Å². The van der Waals surface area contributed by atoms with Crippen LogP contribution in [0.25, 0.3) is 0 Å². The number of carbonyl (C=O) groups is 1. The van der Waals surface area contributed by atoms with Crippen LogP contribution in [0.5, 0.6) is 11.5 Å². The number of amides is 1. The van der Waals surface area contributed by atoms with Gasteiger partial charge in [0.05, 0.1) is 0 Å². The second-order valence-electron chi connectivity index (χ2n) is 6.70. The standard InChI is InChI=1S/C21H23NO3/c1-2-22(13-15-7-10-19-20(11-15)25-14-24-19)21(23)18-9-8-16-5-3-4-6-17(16)12-18/h7-12H,2-6,13-14H2,1H3. The summed E-state index contributed by atoms with van der Waals surface area (Å²) in [6, 6.07) is 12.1. The van der Waals surface area contributed by atoms with Crippen LogP contribution < -0.4 is 9.47 Å². The quantitative estimate of drug-likeness (QED) is 0.848. The maximum absolute atomic E-state index is 13.0. The van der Waals surface area contributed by atoms with Crippen LogP contribution in [0.3, 0.4) is 0 Å². The smallest absolute Gasteiger partial charge is 0.254 e. The Bertz CT molecular complexity index is 800. The molecule has 1 amide bonds. The van der Waals surface area contributed by atoms with Crippen molar-refractivity contribution in [1.29, 1.82) is 0 Å². The maximum Gasteiger partial charge on any atom is 0.254 e. The van der Waals surface area contributed by atoms with Gasteiger partial charge in [0.1, 0.15) is 0 Å². The molecular formula is C21H23NO3. The molecule has 4 rings (SSSR count). The highest BCUT2D eigenvalue weighted by Gasteiger charge is 2.19. The fraction of sp³-hybridized carbons (Fsp3) is 0.381. The Morgan fingerprint density at radius 1 is 1.00 bits per heavy atom. The molecule has 0 fully saturated rings. The second-order valence-corrected chi connectivity index (χ2v) is 6.70. The summed E-state index contributed by atoms with van der Waals surface area (Å²) in [5.41, 5.74) is 4.60. The average Bonchev–Trinajstić information content (AvgIpc) is 3.13. The van der Waals surface area contributed by atoms with Gasteiger partial charge in [-0.1, -0.05) is 12.1 Å². The van der Waals surface area contributed by atoms with Gasteiger partial charge in [-0.25, -0.2) is 0 Å². The van der Waals surface area contributed by atoms with E-state index in [2.05, 4.69) is 12.1 Å². The normalized spacial score (nSPS) is 14.9. The lowest BCUT2D eigenvalue weighted by Gasteiger charge is -2.23. The lowest BCUT2D eigenvalue weighted by atomic mass is 9.90. The van der Waals surface area contributed by atoms with E-state index in [-0.39, 0.29) is 12.7 Å². The minimum atomic E-state index is 0.0912. The molecule has 0 bridgehead atoms. The summed E-state index contributed by atoms with van der Waals surface area (Å²) in [4.78, 5) is 14.8. The maximum atomic E-state index is 13.0. The Morgan fingerprint density at radius 3 is 2.64 bits per heavy atom. The molecule has 2 aromatic rings. The highest BCUT2D eigenvalue weighted by atomic mass is 16.7. The predicted molar refractivity (Wildman–Crippen MR) is 96.1 cm³/mol. The summed E-state index contributed by atoms with van der Waals surface area (Å²) in [6.07, 6.45) is 4.70. The minimum absolute atomic E-state index is 0.0912. The van der Waals surface area contributed by atoms with Crippen molar-refractivity contribution >= 4 is 5.91 Å². The van der Waals surface area contributed by atoms with Gasteiger partial charge in [-0.15, -0.1) is 0 Å². The van der Waals surface area contributed by atoms with E-state index in [0.29, 0.717) is 13.1 Å². The first-order chi connectivity index (χ1) is 12.2. The lowest BCUT2D eigenvalue weighted by Crippen LogP contribution is -2.30. The van der Waals surface area contributed by atoms with Gasteiger partial charge < -0.3 is 14.4 Å². The molecule has 4 nitrogen and oxygen atoms in total. The highest BCUT2D eigenvalue weighted by molar-refractivity contribution is 5.94. The molecule has 4 heteroatoms. The van der Waals surface area contributed by atoms with Crippen molar-refractivity contribution in [3.63, 3.8) is 0 Å². The van der Waals surface area contributed by atoms with Crippen LogP contribution in [0.1, 0.15) is 46.8 Å². The minimum Gasteiger partial charge on any atom is -0.454 e. The molecule has 1 aliphatic heterocycles. The van der Waals surface area contributed by atoms with Crippen LogP contribution in [-0.4, -0.2) is 24.1 Å². The zero-order chi connectivity index (χ0) is 17.2. The first-order valence-corrected chi connectivity index (χ1v) is 9.04. The van der Waals surface area contributed by atoms with Gasteiger partial charge in [0, 0.05) is 18.7 Å². The van der Waals surface area contributed by atoms with E-state index in [1.54, 1.807) is 0 Å². The van der Waals surface area contributed by atoms with E-state index in [1.807, 2.05) is 36.1 Å². The fourth-order valence-corrected chi connectivity index (χ4v) is 3.64. The van der Waals surface area contributed by atoms with E-state index >= 15 is 0 Å². The summed E-state index contributed by atoms with van der Waals surface area (Å²) < 4.78 is 10.8. The average molecular weight is 337 g/mol. The van der Waals surface area contributed by atoms with Gasteiger partial charge in [0.2, 0.25) is 6.79 Å². The van der Waals surface area contributed by atoms with Crippen molar-refractivity contribution in [2.24, 2.45) is 0 Å². The third-order valence-corrected chi connectivity index (χ3v) is 5.07. The molecule has 0 saturated heterocycles. The summed E-state index contributed by atoms with van der Waals surface area (Å²) in [7, 11) is 0. The molecule has 0 atom stereocenters. The van der Waals surface area contributed by atoms with Gasteiger partial charge >= 0.3 is 0 Å².